The number of anilines is 2. The van der Waals surface area contributed by atoms with E-state index < -0.39 is 5.82 Å². The zero-order chi connectivity index (χ0) is 26.1. The third-order valence-corrected chi connectivity index (χ3v) is 8.00. The van der Waals surface area contributed by atoms with Crippen LogP contribution in [-0.4, -0.2) is 55.6 Å². The number of nitrogens with one attached hydrogen (secondary N) is 1. The highest BCUT2D eigenvalue weighted by molar-refractivity contribution is 7.19. The van der Waals surface area contributed by atoms with Crippen molar-refractivity contribution in [3.05, 3.63) is 75.4 Å². The fraction of sp³-hybridized carbons (Fsp3) is 0.308. The second kappa shape index (κ2) is 10.6. The summed E-state index contributed by atoms with van der Waals surface area (Å²) >= 11 is 7.51. The summed E-state index contributed by atoms with van der Waals surface area (Å²) in [7, 11) is 3.96. The molecule has 0 spiro atoms. The third kappa shape index (κ3) is 5.36. The van der Waals surface area contributed by atoms with Crippen LogP contribution in [0, 0.1) is 12.7 Å². The minimum absolute atomic E-state index is 0.000508. The zero-order valence-corrected chi connectivity index (χ0v) is 22.4. The number of hydrogen-bond donors (Lipinski definition) is 1. The molecule has 37 heavy (non-hydrogen) atoms. The molecule has 4 heterocycles. The van der Waals surface area contributed by atoms with Gasteiger partial charge in [0.15, 0.2) is 0 Å². The molecule has 11 heteroatoms. The number of halogens is 2. The van der Waals surface area contributed by atoms with Crippen molar-refractivity contribution < 1.29 is 9.18 Å². The van der Waals surface area contributed by atoms with Gasteiger partial charge >= 0.3 is 0 Å². The van der Waals surface area contributed by atoms with Crippen molar-refractivity contribution in [2.75, 3.05) is 25.5 Å². The molecule has 192 valence electrons. The Balaban J connectivity index is 1.25. The predicted octanol–water partition coefficient (Wildman–Crippen LogP) is 4.84. The summed E-state index contributed by atoms with van der Waals surface area (Å²) in [6, 6.07) is 4.47. The van der Waals surface area contributed by atoms with Gasteiger partial charge in [-0.25, -0.2) is 14.4 Å². The van der Waals surface area contributed by atoms with Crippen LogP contribution >= 0.6 is 22.9 Å². The third-order valence-electron chi connectivity index (χ3n) is 6.59. The molecule has 1 aliphatic rings. The van der Waals surface area contributed by atoms with Gasteiger partial charge in [0.25, 0.3) is 0 Å². The number of thiophene rings is 1. The van der Waals surface area contributed by atoms with Gasteiger partial charge in [-0.2, -0.15) is 5.10 Å². The molecule has 1 aliphatic heterocycles. The summed E-state index contributed by atoms with van der Waals surface area (Å²) < 4.78 is 15.4. The van der Waals surface area contributed by atoms with Crippen LogP contribution in [0.1, 0.15) is 21.7 Å². The monoisotopic (exact) mass is 539 g/mol. The van der Waals surface area contributed by atoms with Gasteiger partial charge in [-0.05, 0) is 44.2 Å². The smallest absolute Gasteiger partial charge is 0.246 e. The van der Waals surface area contributed by atoms with E-state index in [4.69, 9.17) is 11.6 Å². The molecule has 0 fully saturated rings. The molecule has 1 amide bonds. The van der Waals surface area contributed by atoms with E-state index in [1.54, 1.807) is 23.5 Å². The van der Waals surface area contributed by atoms with Gasteiger partial charge < -0.3 is 10.2 Å². The SMILES string of the molecule is Cc1c(CN(C)C/C=C/C(=O)N2CCc3c(sc4ncnc(Nc5ccc(F)c(Cl)c5)c34)C2)cnn1C. The fourth-order valence-corrected chi connectivity index (χ4v) is 5.80. The Morgan fingerprint density at radius 1 is 1.35 bits per heavy atom. The molecular formula is C26H27ClFN7OS. The molecule has 0 bridgehead atoms. The van der Waals surface area contributed by atoms with Crippen LogP contribution in [0.15, 0.2) is 42.9 Å². The van der Waals surface area contributed by atoms with Gasteiger partial charge in [-0.15, -0.1) is 11.3 Å². The average Bonchev–Trinajstić information content (AvgIpc) is 3.41. The Bertz CT molecular complexity index is 1500. The number of carbonyl (C=O) groups is 1. The van der Waals surface area contributed by atoms with Crippen molar-refractivity contribution >= 4 is 50.6 Å². The maximum absolute atomic E-state index is 13.6. The van der Waals surface area contributed by atoms with Gasteiger partial charge in [-0.3, -0.25) is 14.4 Å². The molecule has 4 aromatic rings. The van der Waals surface area contributed by atoms with Crippen LogP contribution in [0.25, 0.3) is 10.2 Å². The Labute approximate surface area is 223 Å². The van der Waals surface area contributed by atoms with Gasteiger partial charge in [-0.1, -0.05) is 17.7 Å². The molecule has 0 atom stereocenters. The molecule has 3 aromatic heterocycles. The maximum Gasteiger partial charge on any atom is 0.246 e. The first kappa shape index (κ1) is 25.3. The van der Waals surface area contributed by atoms with Crippen molar-refractivity contribution in [3.63, 3.8) is 0 Å². The summed E-state index contributed by atoms with van der Waals surface area (Å²) in [5, 5.41) is 8.52. The summed E-state index contributed by atoms with van der Waals surface area (Å²) in [4.78, 5) is 27.8. The number of aromatic nitrogens is 4. The highest BCUT2D eigenvalue weighted by Gasteiger charge is 2.25. The molecule has 0 aliphatic carbocycles. The molecule has 0 saturated carbocycles. The number of fused-ring (bicyclic) bond motifs is 3. The highest BCUT2D eigenvalue weighted by Crippen LogP contribution is 2.38. The Morgan fingerprint density at radius 3 is 2.95 bits per heavy atom. The normalized spacial score (nSPS) is 13.6. The first-order valence-electron chi connectivity index (χ1n) is 11.9. The van der Waals surface area contributed by atoms with Crippen molar-refractivity contribution in [2.24, 2.45) is 7.05 Å². The van der Waals surface area contributed by atoms with E-state index in [0.717, 1.165) is 32.9 Å². The second-order valence-electron chi connectivity index (χ2n) is 9.15. The first-order chi connectivity index (χ1) is 17.8. The number of hydrogen-bond acceptors (Lipinski definition) is 7. The van der Waals surface area contributed by atoms with Crippen LogP contribution in [0.4, 0.5) is 15.9 Å². The standard InChI is InChI=1S/C26H27ClFN7OS/c1-16-17(12-31-34(16)3)13-33(2)9-4-5-23(36)35-10-8-19-22(14-35)37-26-24(19)25(29-15-30-26)32-18-6-7-21(28)20(27)11-18/h4-7,11-12,15H,8-10,13-14H2,1-3H3,(H,29,30,32)/b5-4+. The number of aryl methyl sites for hydroxylation is 1. The number of carbonyl (C=O) groups excluding carboxylic acids is 1. The summed E-state index contributed by atoms with van der Waals surface area (Å²) in [5.74, 6) is 0.179. The Kier molecular flexibility index (Phi) is 7.23. The minimum Gasteiger partial charge on any atom is -0.340 e. The predicted molar refractivity (Wildman–Crippen MR) is 145 cm³/mol. The lowest BCUT2D eigenvalue weighted by Crippen LogP contribution is -2.34. The summed E-state index contributed by atoms with van der Waals surface area (Å²) in [6.45, 7) is 4.64. The maximum atomic E-state index is 13.6. The van der Waals surface area contributed by atoms with Crippen molar-refractivity contribution in [2.45, 2.75) is 26.4 Å². The average molecular weight is 540 g/mol. The molecule has 0 unspecified atom stereocenters. The fourth-order valence-electron chi connectivity index (χ4n) is 4.41. The van der Waals surface area contributed by atoms with E-state index in [0.29, 0.717) is 37.6 Å². The number of benzene rings is 1. The van der Waals surface area contributed by atoms with Gasteiger partial charge in [0.2, 0.25) is 5.91 Å². The second-order valence-corrected chi connectivity index (χ2v) is 10.6. The lowest BCUT2D eigenvalue weighted by Gasteiger charge is -2.26. The van der Waals surface area contributed by atoms with E-state index in [9.17, 15) is 9.18 Å². The van der Waals surface area contributed by atoms with Crippen molar-refractivity contribution in [1.82, 2.24) is 29.5 Å². The number of rotatable bonds is 7. The first-order valence-corrected chi connectivity index (χ1v) is 13.1. The van der Waals surface area contributed by atoms with E-state index in [1.807, 2.05) is 35.9 Å². The van der Waals surface area contributed by atoms with Gasteiger partial charge in [0, 0.05) is 54.6 Å². The van der Waals surface area contributed by atoms with Crippen LogP contribution in [0.2, 0.25) is 5.02 Å². The van der Waals surface area contributed by atoms with E-state index in [2.05, 4.69) is 32.2 Å². The van der Waals surface area contributed by atoms with Crippen molar-refractivity contribution in [1.29, 1.82) is 0 Å². The van der Waals surface area contributed by atoms with E-state index in [1.165, 1.54) is 24.0 Å². The van der Waals surface area contributed by atoms with Gasteiger partial charge in [0.05, 0.1) is 23.2 Å². The molecule has 5 rings (SSSR count). The number of likely N-dealkylation sites (N-methyl/N-ethyl adjacent to an activating group) is 1. The lowest BCUT2D eigenvalue weighted by molar-refractivity contribution is -0.126. The molecule has 8 nitrogen and oxygen atoms in total. The Morgan fingerprint density at radius 2 is 2.19 bits per heavy atom. The molecule has 1 aromatic carbocycles. The van der Waals surface area contributed by atoms with Gasteiger partial charge in [0.1, 0.15) is 22.8 Å². The highest BCUT2D eigenvalue weighted by atomic mass is 35.5. The molecule has 1 N–H and O–H groups in total. The van der Waals surface area contributed by atoms with E-state index in [-0.39, 0.29) is 10.9 Å². The Hall–Kier alpha value is -3.34. The number of nitrogens with zero attached hydrogens (tertiary/aromatic N) is 6. The van der Waals surface area contributed by atoms with Crippen LogP contribution in [-0.2, 0) is 31.4 Å². The van der Waals surface area contributed by atoms with Crippen molar-refractivity contribution in [3.8, 4) is 0 Å². The molecular weight excluding hydrogens is 513 g/mol. The number of amides is 1. The van der Waals surface area contributed by atoms with Crippen LogP contribution < -0.4 is 5.32 Å². The molecule has 0 radical (unpaired) electrons. The quantitative estimate of drug-likeness (QED) is 0.338. The lowest BCUT2D eigenvalue weighted by atomic mass is 10.0. The zero-order valence-electron chi connectivity index (χ0n) is 20.8. The minimum atomic E-state index is -0.470. The van der Waals surface area contributed by atoms with E-state index >= 15 is 0 Å². The molecule has 0 saturated heterocycles. The van der Waals surface area contributed by atoms with Crippen LogP contribution in [0.5, 0.6) is 0 Å². The largest absolute Gasteiger partial charge is 0.340 e. The van der Waals surface area contributed by atoms with Crippen LogP contribution in [0.3, 0.4) is 0 Å². The summed E-state index contributed by atoms with van der Waals surface area (Å²) in [6.07, 6.45) is 7.68. The summed E-state index contributed by atoms with van der Waals surface area (Å²) in [5.41, 5.74) is 4.12. The topological polar surface area (TPSA) is 79.2 Å².